The lowest BCUT2D eigenvalue weighted by Crippen LogP contribution is -2.34. The molecule has 1 aliphatic rings. The summed E-state index contributed by atoms with van der Waals surface area (Å²) in [6, 6.07) is 0. The second-order valence-corrected chi connectivity index (χ2v) is 2.23. The number of aliphatic imine (C=N–C) groups is 1. The van der Waals surface area contributed by atoms with Crippen molar-refractivity contribution in [3.63, 3.8) is 0 Å². The van der Waals surface area contributed by atoms with Gasteiger partial charge in [0.05, 0.1) is 0 Å². The van der Waals surface area contributed by atoms with E-state index in [1.54, 1.807) is 6.92 Å². The zero-order valence-electron chi connectivity index (χ0n) is 6.69. The first kappa shape index (κ1) is 8.80. The van der Waals surface area contributed by atoms with E-state index in [1.165, 1.54) is 12.3 Å². The molecule has 1 rings (SSSR count). The molecule has 4 nitrogen and oxygen atoms in total. The Morgan fingerprint density at radius 1 is 1.75 bits per heavy atom. The number of rotatable bonds is 3. The molecule has 0 aromatic heterocycles. The van der Waals surface area contributed by atoms with Crippen molar-refractivity contribution < 1.29 is 14.3 Å². The lowest BCUT2D eigenvalue weighted by molar-refractivity contribution is -0.122. The number of hydrogen-bond donors (Lipinski definition) is 0. The lowest BCUT2D eigenvalue weighted by Gasteiger charge is -2.14. The summed E-state index contributed by atoms with van der Waals surface area (Å²) in [5.41, 5.74) is 0.143. The monoisotopic (exact) mass is 167 g/mol. The van der Waals surface area contributed by atoms with Crippen molar-refractivity contribution in [2.75, 3.05) is 6.61 Å². The summed E-state index contributed by atoms with van der Waals surface area (Å²) in [5.74, 6) is -0.228. The van der Waals surface area contributed by atoms with Crippen molar-refractivity contribution in [1.29, 1.82) is 0 Å². The molecule has 0 spiro atoms. The van der Waals surface area contributed by atoms with Crippen LogP contribution in [0.25, 0.3) is 0 Å². The molecule has 0 fully saturated rings. The van der Waals surface area contributed by atoms with Gasteiger partial charge in [0, 0.05) is 18.9 Å². The molecule has 4 heteroatoms. The molecule has 0 radical (unpaired) electrons. The van der Waals surface area contributed by atoms with Gasteiger partial charge in [-0.25, -0.2) is 0 Å². The van der Waals surface area contributed by atoms with E-state index in [9.17, 15) is 9.59 Å². The van der Waals surface area contributed by atoms with Crippen LogP contribution >= 0.6 is 0 Å². The molecule has 0 aromatic carbocycles. The maximum absolute atomic E-state index is 11.1. The van der Waals surface area contributed by atoms with Gasteiger partial charge in [-0.05, 0) is 6.92 Å². The summed E-state index contributed by atoms with van der Waals surface area (Å²) in [4.78, 5) is 25.2. The second kappa shape index (κ2) is 3.92. The quantitative estimate of drug-likeness (QED) is 0.561. The van der Waals surface area contributed by atoms with Crippen LogP contribution in [-0.4, -0.2) is 30.5 Å². The third-order valence-electron chi connectivity index (χ3n) is 1.44. The minimum absolute atomic E-state index is 0.143. The van der Waals surface area contributed by atoms with Crippen LogP contribution < -0.4 is 0 Å². The highest BCUT2D eigenvalue weighted by molar-refractivity contribution is 6.37. The number of carbonyl (C=O) groups is 2. The minimum atomic E-state index is -0.794. The Balaban J connectivity index is 2.80. The SMILES string of the molecule is CCOC1C(=O)C=CN=C1C=O. The summed E-state index contributed by atoms with van der Waals surface area (Å²) in [6.07, 6.45) is 2.36. The summed E-state index contributed by atoms with van der Waals surface area (Å²) in [5, 5.41) is 0. The first-order valence-electron chi connectivity index (χ1n) is 3.64. The van der Waals surface area contributed by atoms with E-state index in [0.29, 0.717) is 12.9 Å². The van der Waals surface area contributed by atoms with Gasteiger partial charge in [0.15, 0.2) is 18.2 Å². The van der Waals surface area contributed by atoms with Crippen LogP contribution in [0.4, 0.5) is 0 Å². The fraction of sp³-hybridized carbons (Fsp3) is 0.375. The van der Waals surface area contributed by atoms with Gasteiger partial charge in [0.1, 0.15) is 5.71 Å². The first-order chi connectivity index (χ1) is 5.79. The maximum Gasteiger partial charge on any atom is 0.192 e. The largest absolute Gasteiger partial charge is 0.364 e. The highest BCUT2D eigenvalue weighted by atomic mass is 16.5. The fourth-order valence-corrected chi connectivity index (χ4v) is 0.924. The highest BCUT2D eigenvalue weighted by Gasteiger charge is 2.24. The van der Waals surface area contributed by atoms with Crippen molar-refractivity contribution in [2.24, 2.45) is 4.99 Å². The van der Waals surface area contributed by atoms with E-state index in [-0.39, 0.29) is 11.5 Å². The molecular formula is C8H9NO3. The Kier molecular flexibility index (Phi) is 2.88. The Bertz CT molecular complexity index is 255. The lowest BCUT2D eigenvalue weighted by atomic mass is 10.1. The summed E-state index contributed by atoms with van der Waals surface area (Å²) in [6.45, 7) is 2.14. The van der Waals surface area contributed by atoms with Crippen molar-refractivity contribution in [3.05, 3.63) is 12.3 Å². The van der Waals surface area contributed by atoms with Crippen LogP contribution in [0.15, 0.2) is 17.3 Å². The maximum atomic E-state index is 11.1. The number of carbonyl (C=O) groups excluding carboxylic acids is 2. The van der Waals surface area contributed by atoms with Crippen LogP contribution in [0, 0.1) is 0 Å². The zero-order valence-corrected chi connectivity index (χ0v) is 6.69. The molecule has 12 heavy (non-hydrogen) atoms. The van der Waals surface area contributed by atoms with Gasteiger partial charge in [0.2, 0.25) is 0 Å². The summed E-state index contributed by atoms with van der Waals surface area (Å²) >= 11 is 0. The van der Waals surface area contributed by atoms with Crippen molar-refractivity contribution in [3.8, 4) is 0 Å². The third kappa shape index (κ3) is 1.65. The van der Waals surface area contributed by atoms with Crippen molar-refractivity contribution in [1.82, 2.24) is 0 Å². The van der Waals surface area contributed by atoms with E-state index in [0.717, 1.165) is 0 Å². The van der Waals surface area contributed by atoms with E-state index >= 15 is 0 Å². The van der Waals surface area contributed by atoms with Gasteiger partial charge in [-0.2, -0.15) is 0 Å². The van der Waals surface area contributed by atoms with E-state index in [2.05, 4.69) is 4.99 Å². The molecule has 0 amide bonds. The molecular weight excluding hydrogens is 158 g/mol. The van der Waals surface area contributed by atoms with Gasteiger partial charge in [-0.1, -0.05) is 0 Å². The average Bonchev–Trinajstić information content (AvgIpc) is 2.09. The Hall–Kier alpha value is -1.29. The molecule has 0 aromatic rings. The van der Waals surface area contributed by atoms with E-state index in [4.69, 9.17) is 4.74 Å². The molecule has 64 valence electrons. The molecule has 1 aliphatic heterocycles. The van der Waals surface area contributed by atoms with E-state index < -0.39 is 6.10 Å². The molecule has 0 saturated heterocycles. The molecule has 0 bridgehead atoms. The number of ether oxygens (including phenoxy) is 1. The number of aldehydes is 1. The van der Waals surface area contributed by atoms with Gasteiger partial charge >= 0.3 is 0 Å². The topological polar surface area (TPSA) is 55.7 Å². The average molecular weight is 167 g/mol. The summed E-state index contributed by atoms with van der Waals surface area (Å²) in [7, 11) is 0. The molecule has 1 atom stereocenters. The van der Waals surface area contributed by atoms with Crippen molar-refractivity contribution in [2.45, 2.75) is 13.0 Å². The van der Waals surface area contributed by atoms with Crippen LogP contribution in [0.1, 0.15) is 6.92 Å². The van der Waals surface area contributed by atoms with Crippen molar-refractivity contribution >= 4 is 17.8 Å². The van der Waals surface area contributed by atoms with Gasteiger partial charge < -0.3 is 4.74 Å². The predicted octanol–water partition coefficient (Wildman–Crippen LogP) is 0.128. The van der Waals surface area contributed by atoms with Crippen LogP contribution in [0.3, 0.4) is 0 Å². The van der Waals surface area contributed by atoms with Crippen LogP contribution in [-0.2, 0) is 14.3 Å². The third-order valence-corrected chi connectivity index (χ3v) is 1.44. The fourth-order valence-electron chi connectivity index (χ4n) is 0.924. The molecule has 1 heterocycles. The molecule has 0 aliphatic carbocycles. The Morgan fingerprint density at radius 3 is 3.08 bits per heavy atom. The number of hydrogen-bond acceptors (Lipinski definition) is 4. The smallest absolute Gasteiger partial charge is 0.192 e. The first-order valence-corrected chi connectivity index (χ1v) is 3.64. The van der Waals surface area contributed by atoms with Crippen LogP contribution in [0.5, 0.6) is 0 Å². The molecule has 0 N–H and O–H groups in total. The van der Waals surface area contributed by atoms with Gasteiger partial charge in [-0.15, -0.1) is 0 Å². The number of nitrogens with zero attached hydrogens (tertiary/aromatic N) is 1. The van der Waals surface area contributed by atoms with Gasteiger partial charge in [0.25, 0.3) is 0 Å². The van der Waals surface area contributed by atoms with Gasteiger partial charge in [-0.3, -0.25) is 14.6 Å². The minimum Gasteiger partial charge on any atom is -0.364 e. The second-order valence-electron chi connectivity index (χ2n) is 2.23. The van der Waals surface area contributed by atoms with Crippen LogP contribution in [0.2, 0.25) is 0 Å². The van der Waals surface area contributed by atoms with E-state index in [1.807, 2.05) is 0 Å². The molecule has 0 saturated carbocycles. The summed E-state index contributed by atoms with van der Waals surface area (Å²) < 4.78 is 5.04. The Morgan fingerprint density at radius 2 is 2.50 bits per heavy atom. The predicted molar refractivity (Wildman–Crippen MR) is 43.1 cm³/mol. The zero-order chi connectivity index (χ0) is 8.97. The normalized spacial score (nSPS) is 22.2. The molecule has 1 unspecified atom stereocenters. The standard InChI is InChI=1S/C8H9NO3/c1-2-12-8-6(5-10)9-4-3-7(8)11/h3-5,8H,2H2,1H3. The Labute approximate surface area is 69.9 Å². The number of ketones is 1. The highest BCUT2D eigenvalue weighted by Crippen LogP contribution is 2.03.